The second kappa shape index (κ2) is 3.95. The van der Waals surface area contributed by atoms with Gasteiger partial charge in [0.2, 0.25) is 5.78 Å². The Balaban J connectivity index is 3.15. The summed E-state index contributed by atoms with van der Waals surface area (Å²) in [6.45, 7) is 1.57. The zero-order valence-corrected chi connectivity index (χ0v) is 9.49. The molecule has 14 heavy (non-hydrogen) atoms. The van der Waals surface area contributed by atoms with Gasteiger partial charge < -0.3 is 0 Å². The molecule has 76 valence electrons. The average molecular weight is 283 g/mol. The van der Waals surface area contributed by atoms with Gasteiger partial charge in [-0.3, -0.25) is 4.79 Å². The van der Waals surface area contributed by atoms with Gasteiger partial charge in [0.15, 0.2) is 0 Å². The second-order valence-corrected chi connectivity index (χ2v) is 4.18. The summed E-state index contributed by atoms with van der Waals surface area (Å²) in [4.78, 5) is 11.1. The fraction of sp³-hybridized carbons (Fsp3) is 0.222. The van der Waals surface area contributed by atoms with E-state index < -0.39 is 11.2 Å². The molecular formula is C9H6BrClF2O. The first-order chi connectivity index (χ1) is 6.32. The van der Waals surface area contributed by atoms with Crippen LogP contribution in [0.15, 0.2) is 22.7 Å². The Labute approximate surface area is 93.2 Å². The van der Waals surface area contributed by atoms with Gasteiger partial charge in [-0.25, -0.2) is 0 Å². The quantitative estimate of drug-likeness (QED) is 0.596. The van der Waals surface area contributed by atoms with Crippen molar-refractivity contribution in [3.8, 4) is 0 Å². The topological polar surface area (TPSA) is 17.1 Å². The largest absolute Gasteiger partial charge is 0.384 e. The first kappa shape index (κ1) is 11.6. The van der Waals surface area contributed by atoms with E-state index in [2.05, 4.69) is 27.5 Å². The van der Waals surface area contributed by atoms with Crippen molar-refractivity contribution in [1.29, 1.82) is 0 Å². The highest BCUT2D eigenvalue weighted by Crippen LogP contribution is 2.27. The number of benzene rings is 1. The first-order valence-electron chi connectivity index (χ1n) is 3.70. The Morgan fingerprint density at radius 2 is 2.07 bits per heavy atom. The fourth-order valence-corrected chi connectivity index (χ4v) is 1.61. The molecular weight excluding hydrogens is 277 g/mol. The minimum atomic E-state index is -3.83. The van der Waals surface area contributed by atoms with Crippen LogP contribution in [0.2, 0.25) is 0 Å². The Morgan fingerprint density at radius 3 is 2.50 bits per heavy atom. The molecule has 1 aromatic rings. The second-order valence-electron chi connectivity index (χ2n) is 2.79. The van der Waals surface area contributed by atoms with Crippen molar-refractivity contribution in [3.05, 3.63) is 33.8 Å². The van der Waals surface area contributed by atoms with E-state index in [-0.39, 0.29) is 5.56 Å². The van der Waals surface area contributed by atoms with E-state index in [4.69, 9.17) is 0 Å². The molecule has 0 spiro atoms. The lowest BCUT2D eigenvalue weighted by Crippen LogP contribution is -2.22. The molecule has 0 unspecified atom stereocenters. The molecule has 0 aliphatic carbocycles. The molecule has 0 aliphatic rings. The highest BCUT2D eigenvalue weighted by molar-refractivity contribution is 9.10. The summed E-state index contributed by atoms with van der Waals surface area (Å²) in [6, 6.07) is 4.41. The van der Waals surface area contributed by atoms with E-state index in [1.807, 2.05) is 0 Å². The summed E-state index contributed by atoms with van der Waals surface area (Å²) in [5.74, 6) is -1.37. The molecule has 0 radical (unpaired) electrons. The standard InChI is InChI=1S/C9H6BrClF2O/c1-5-4-6(10)2-3-7(5)8(14)9(11,12)13/h2-4H,1H3. The number of carbonyl (C=O) groups excluding carboxylic acids is 1. The molecule has 0 aromatic heterocycles. The molecule has 0 N–H and O–H groups in total. The monoisotopic (exact) mass is 282 g/mol. The molecule has 0 saturated carbocycles. The van der Waals surface area contributed by atoms with E-state index in [1.165, 1.54) is 12.1 Å². The SMILES string of the molecule is Cc1cc(Br)ccc1C(=O)C(F)(F)Cl. The number of carbonyl (C=O) groups is 1. The fourth-order valence-electron chi connectivity index (χ4n) is 1.03. The van der Waals surface area contributed by atoms with E-state index in [1.54, 1.807) is 13.0 Å². The van der Waals surface area contributed by atoms with E-state index in [9.17, 15) is 13.6 Å². The van der Waals surface area contributed by atoms with Crippen LogP contribution in [0.1, 0.15) is 15.9 Å². The maximum absolute atomic E-state index is 12.5. The first-order valence-corrected chi connectivity index (χ1v) is 4.87. The van der Waals surface area contributed by atoms with Crippen molar-refractivity contribution < 1.29 is 13.6 Å². The number of aryl methyl sites for hydroxylation is 1. The van der Waals surface area contributed by atoms with Crippen LogP contribution >= 0.6 is 27.5 Å². The number of hydrogen-bond donors (Lipinski definition) is 0. The molecule has 5 heteroatoms. The van der Waals surface area contributed by atoms with Gasteiger partial charge in [-0.15, -0.1) is 0 Å². The lowest BCUT2D eigenvalue weighted by Gasteiger charge is -2.09. The number of ketones is 1. The smallest absolute Gasteiger partial charge is 0.286 e. The van der Waals surface area contributed by atoms with Crippen molar-refractivity contribution in [3.63, 3.8) is 0 Å². The van der Waals surface area contributed by atoms with Gasteiger partial charge >= 0.3 is 5.38 Å². The summed E-state index contributed by atoms with van der Waals surface area (Å²) in [5.41, 5.74) is 0.401. The number of Topliss-reactive ketones (excluding diaryl/α,β-unsaturated/α-hetero) is 1. The van der Waals surface area contributed by atoms with Crippen LogP contribution in [-0.4, -0.2) is 11.2 Å². The number of hydrogen-bond acceptors (Lipinski definition) is 1. The highest BCUT2D eigenvalue weighted by atomic mass is 79.9. The van der Waals surface area contributed by atoms with Crippen LogP contribution in [-0.2, 0) is 0 Å². The van der Waals surface area contributed by atoms with E-state index >= 15 is 0 Å². The van der Waals surface area contributed by atoms with Crippen LogP contribution in [0.4, 0.5) is 8.78 Å². The summed E-state index contributed by atoms with van der Waals surface area (Å²) in [5, 5.41) is -3.83. The maximum Gasteiger partial charge on any atom is 0.384 e. The maximum atomic E-state index is 12.5. The molecule has 1 rings (SSSR count). The Kier molecular flexibility index (Phi) is 3.27. The zero-order chi connectivity index (χ0) is 10.9. The van der Waals surface area contributed by atoms with Gasteiger partial charge in [-0.1, -0.05) is 15.9 Å². The van der Waals surface area contributed by atoms with Crippen LogP contribution in [0.5, 0.6) is 0 Å². The molecule has 0 bridgehead atoms. The van der Waals surface area contributed by atoms with Crippen LogP contribution in [0.3, 0.4) is 0 Å². The van der Waals surface area contributed by atoms with Gasteiger partial charge in [-0.05, 0) is 42.3 Å². The molecule has 0 heterocycles. The molecule has 1 nitrogen and oxygen atoms in total. The highest BCUT2D eigenvalue weighted by Gasteiger charge is 2.37. The van der Waals surface area contributed by atoms with Crippen LogP contribution in [0, 0.1) is 6.92 Å². The Bertz CT molecular complexity index is 374. The number of halogens is 4. The third-order valence-electron chi connectivity index (χ3n) is 1.69. The predicted molar refractivity (Wildman–Crippen MR) is 54.0 cm³/mol. The third kappa shape index (κ3) is 2.51. The normalized spacial score (nSPS) is 11.5. The van der Waals surface area contributed by atoms with Crippen molar-refractivity contribution in [2.45, 2.75) is 12.3 Å². The average Bonchev–Trinajstić information content (AvgIpc) is 2.01. The molecule has 1 aromatic carbocycles. The minimum absolute atomic E-state index is 0.0619. The summed E-state index contributed by atoms with van der Waals surface area (Å²) in [6.07, 6.45) is 0. The number of alkyl halides is 3. The zero-order valence-electron chi connectivity index (χ0n) is 7.15. The summed E-state index contributed by atoms with van der Waals surface area (Å²) >= 11 is 7.80. The minimum Gasteiger partial charge on any atom is -0.286 e. The summed E-state index contributed by atoms with van der Waals surface area (Å²) in [7, 11) is 0. The van der Waals surface area contributed by atoms with Crippen molar-refractivity contribution >= 4 is 33.3 Å². The van der Waals surface area contributed by atoms with Gasteiger partial charge in [-0.2, -0.15) is 8.78 Å². The van der Waals surface area contributed by atoms with Gasteiger partial charge in [0.25, 0.3) is 0 Å². The number of rotatable bonds is 2. The van der Waals surface area contributed by atoms with E-state index in [0.29, 0.717) is 5.56 Å². The molecule has 0 aliphatic heterocycles. The lowest BCUT2D eigenvalue weighted by atomic mass is 10.1. The lowest BCUT2D eigenvalue weighted by molar-refractivity contribution is 0.0535. The molecule has 0 saturated heterocycles. The van der Waals surface area contributed by atoms with E-state index in [0.717, 1.165) is 4.47 Å². The van der Waals surface area contributed by atoms with Gasteiger partial charge in [0.05, 0.1) is 0 Å². The van der Waals surface area contributed by atoms with Gasteiger partial charge in [0, 0.05) is 10.0 Å². The van der Waals surface area contributed by atoms with Crippen LogP contribution in [0.25, 0.3) is 0 Å². The molecule has 0 fully saturated rings. The van der Waals surface area contributed by atoms with Crippen LogP contribution < -0.4 is 0 Å². The predicted octanol–water partition coefficient (Wildman–Crippen LogP) is 3.77. The summed E-state index contributed by atoms with van der Waals surface area (Å²) < 4.78 is 25.7. The Morgan fingerprint density at radius 1 is 1.50 bits per heavy atom. The molecule has 0 amide bonds. The van der Waals surface area contributed by atoms with Gasteiger partial charge in [0.1, 0.15) is 0 Å². The van der Waals surface area contributed by atoms with Crippen molar-refractivity contribution in [2.24, 2.45) is 0 Å². The van der Waals surface area contributed by atoms with Crippen molar-refractivity contribution in [2.75, 3.05) is 0 Å². The third-order valence-corrected chi connectivity index (χ3v) is 2.36. The Hall–Kier alpha value is -0.480. The molecule has 0 atom stereocenters. The van der Waals surface area contributed by atoms with Crippen molar-refractivity contribution in [1.82, 2.24) is 0 Å².